The summed E-state index contributed by atoms with van der Waals surface area (Å²) in [5, 5.41) is 0. The Balaban J connectivity index is 2.64. The van der Waals surface area contributed by atoms with E-state index in [1.54, 1.807) is 0 Å². The lowest BCUT2D eigenvalue weighted by molar-refractivity contribution is 0.307. The third kappa shape index (κ3) is 4.44. The molecule has 1 unspecified atom stereocenters. The predicted molar refractivity (Wildman–Crippen MR) is 61.3 cm³/mol. The van der Waals surface area contributed by atoms with Crippen molar-refractivity contribution in [1.82, 2.24) is 0 Å². The second-order valence-corrected chi connectivity index (χ2v) is 4.21. The molecule has 0 aromatic heterocycles. The molecule has 1 rings (SSSR count). The molecule has 0 spiro atoms. The first-order valence-electron chi connectivity index (χ1n) is 5.02. The summed E-state index contributed by atoms with van der Waals surface area (Å²) in [5.74, 6) is 0.843. The van der Waals surface area contributed by atoms with Gasteiger partial charge in [-0.1, -0.05) is 31.5 Å². The van der Waals surface area contributed by atoms with E-state index in [-0.39, 0.29) is 5.75 Å². The lowest BCUT2D eigenvalue weighted by atomic mass is 10.2. The molecule has 15 heavy (non-hydrogen) atoms. The summed E-state index contributed by atoms with van der Waals surface area (Å²) in [6, 6.07) is 7.35. The Kier molecular flexibility index (Phi) is 5.36. The Morgan fingerprint density at radius 3 is 2.80 bits per heavy atom. The van der Waals surface area contributed by atoms with Gasteiger partial charge in [0.2, 0.25) is 0 Å². The van der Waals surface area contributed by atoms with Crippen LogP contribution in [0.25, 0.3) is 0 Å². The number of rotatable bonds is 6. The van der Waals surface area contributed by atoms with Crippen molar-refractivity contribution in [3.05, 3.63) is 29.8 Å². The molecule has 1 atom stereocenters. The van der Waals surface area contributed by atoms with E-state index in [2.05, 4.69) is 6.92 Å². The van der Waals surface area contributed by atoms with Crippen LogP contribution in [0.5, 0.6) is 5.75 Å². The van der Waals surface area contributed by atoms with Gasteiger partial charge in [-0.15, -0.1) is 0 Å². The van der Waals surface area contributed by atoms with Crippen LogP contribution in [0.3, 0.4) is 0 Å². The van der Waals surface area contributed by atoms with Crippen molar-refractivity contribution in [3.8, 4) is 5.75 Å². The first-order valence-corrected chi connectivity index (χ1v) is 6.29. The van der Waals surface area contributed by atoms with Gasteiger partial charge < -0.3 is 9.29 Å². The van der Waals surface area contributed by atoms with Gasteiger partial charge in [-0.25, -0.2) is 4.21 Å². The van der Waals surface area contributed by atoms with E-state index < -0.39 is 11.1 Å². The summed E-state index contributed by atoms with van der Waals surface area (Å²) in [7, 11) is 0. The Hall–Kier alpha value is -0.870. The fraction of sp³-hybridized carbons (Fsp3) is 0.455. The standard InChI is InChI=1S/C11H16O3S/c1-2-3-8-14-11-7-5-4-6-10(11)9-15(12)13/h4-7H,2-3,8-9H2,1H3,(H,12,13). The number of hydrogen-bond donors (Lipinski definition) is 1. The van der Waals surface area contributed by atoms with Gasteiger partial charge in [0.15, 0.2) is 11.1 Å². The number of para-hydroxylation sites is 1. The molecule has 3 nitrogen and oxygen atoms in total. The summed E-state index contributed by atoms with van der Waals surface area (Å²) in [6.07, 6.45) is 2.07. The average molecular weight is 228 g/mol. The zero-order valence-electron chi connectivity index (χ0n) is 8.81. The molecule has 0 fully saturated rings. The number of unbranched alkanes of at least 4 members (excludes halogenated alkanes) is 1. The smallest absolute Gasteiger partial charge is 0.157 e. The van der Waals surface area contributed by atoms with Gasteiger partial charge >= 0.3 is 0 Å². The van der Waals surface area contributed by atoms with Crippen molar-refractivity contribution < 1.29 is 13.5 Å². The van der Waals surface area contributed by atoms with Crippen LogP contribution in [-0.2, 0) is 16.8 Å². The van der Waals surface area contributed by atoms with E-state index in [0.29, 0.717) is 12.4 Å². The maximum Gasteiger partial charge on any atom is 0.157 e. The van der Waals surface area contributed by atoms with Crippen LogP contribution in [-0.4, -0.2) is 15.4 Å². The summed E-state index contributed by atoms with van der Waals surface area (Å²) in [5.41, 5.74) is 0.787. The summed E-state index contributed by atoms with van der Waals surface area (Å²) < 4.78 is 25.1. The maximum atomic E-state index is 10.7. The molecule has 1 aromatic carbocycles. The van der Waals surface area contributed by atoms with Crippen LogP contribution >= 0.6 is 0 Å². The molecule has 0 bridgehead atoms. The predicted octanol–water partition coefficient (Wildman–Crippen LogP) is 2.59. The largest absolute Gasteiger partial charge is 0.493 e. The van der Waals surface area contributed by atoms with E-state index in [0.717, 1.165) is 18.4 Å². The highest BCUT2D eigenvalue weighted by molar-refractivity contribution is 7.78. The van der Waals surface area contributed by atoms with Crippen molar-refractivity contribution in [2.75, 3.05) is 6.61 Å². The van der Waals surface area contributed by atoms with Crippen molar-refractivity contribution in [1.29, 1.82) is 0 Å². The molecule has 0 saturated carbocycles. The first-order chi connectivity index (χ1) is 7.24. The fourth-order valence-electron chi connectivity index (χ4n) is 1.22. The van der Waals surface area contributed by atoms with Gasteiger partial charge in [0.25, 0.3) is 0 Å². The Morgan fingerprint density at radius 1 is 1.40 bits per heavy atom. The van der Waals surface area contributed by atoms with Crippen molar-refractivity contribution in [2.45, 2.75) is 25.5 Å². The van der Waals surface area contributed by atoms with Crippen molar-refractivity contribution in [2.24, 2.45) is 0 Å². The molecule has 0 amide bonds. The second kappa shape index (κ2) is 6.58. The van der Waals surface area contributed by atoms with Gasteiger partial charge in [0, 0.05) is 5.56 Å². The average Bonchev–Trinajstić information content (AvgIpc) is 2.20. The molecule has 4 heteroatoms. The van der Waals surface area contributed by atoms with Gasteiger partial charge in [-0.2, -0.15) is 0 Å². The maximum absolute atomic E-state index is 10.7. The highest BCUT2D eigenvalue weighted by Crippen LogP contribution is 2.19. The molecule has 0 aliphatic heterocycles. The van der Waals surface area contributed by atoms with E-state index >= 15 is 0 Å². The molecule has 0 saturated heterocycles. The van der Waals surface area contributed by atoms with E-state index in [1.165, 1.54) is 0 Å². The topological polar surface area (TPSA) is 46.5 Å². The van der Waals surface area contributed by atoms with Crippen LogP contribution in [0.15, 0.2) is 24.3 Å². The normalized spacial score (nSPS) is 12.4. The third-order valence-electron chi connectivity index (χ3n) is 2.01. The van der Waals surface area contributed by atoms with E-state index in [9.17, 15) is 4.21 Å². The molecule has 0 heterocycles. The van der Waals surface area contributed by atoms with Gasteiger partial charge in [0.1, 0.15) is 5.75 Å². The molecular weight excluding hydrogens is 212 g/mol. The minimum Gasteiger partial charge on any atom is -0.493 e. The minimum atomic E-state index is -1.81. The highest BCUT2D eigenvalue weighted by Gasteiger charge is 2.05. The summed E-state index contributed by atoms with van der Waals surface area (Å²) in [4.78, 5) is 0. The van der Waals surface area contributed by atoms with Crippen LogP contribution < -0.4 is 4.74 Å². The second-order valence-electron chi connectivity index (χ2n) is 3.28. The van der Waals surface area contributed by atoms with Gasteiger partial charge in [-0.3, -0.25) is 0 Å². The summed E-state index contributed by atoms with van der Waals surface area (Å²) >= 11 is -1.81. The zero-order chi connectivity index (χ0) is 11.1. The van der Waals surface area contributed by atoms with E-state index in [4.69, 9.17) is 9.29 Å². The van der Waals surface area contributed by atoms with E-state index in [1.807, 2.05) is 24.3 Å². The molecule has 0 aliphatic carbocycles. The lowest BCUT2D eigenvalue weighted by Gasteiger charge is -2.09. The molecule has 0 radical (unpaired) electrons. The molecular formula is C11H16O3S. The van der Waals surface area contributed by atoms with Crippen molar-refractivity contribution in [3.63, 3.8) is 0 Å². The number of benzene rings is 1. The molecule has 1 N–H and O–H groups in total. The highest BCUT2D eigenvalue weighted by atomic mass is 32.2. The molecule has 1 aromatic rings. The van der Waals surface area contributed by atoms with Crippen LogP contribution in [0, 0.1) is 0 Å². The third-order valence-corrected chi connectivity index (χ3v) is 2.56. The summed E-state index contributed by atoms with van der Waals surface area (Å²) in [6.45, 7) is 2.75. The quantitative estimate of drug-likeness (QED) is 0.601. The number of ether oxygens (including phenoxy) is 1. The molecule has 0 aliphatic rings. The first kappa shape index (κ1) is 12.2. The Bertz CT molecular complexity index is 325. The molecule has 84 valence electrons. The van der Waals surface area contributed by atoms with Crippen molar-refractivity contribution >= 4 is 11.1 Å². The fourth-order valence-corrected chi connectivity index (χ4v) is 1.73. The Morgan fingerprint density at radius 2 is 2.13 bits per heavy atom. The van der Waals surface area contributed by atoms with Crippen LogP contribution in [0.4, 0.5) is 0 Å². The zero-order valence-corrected chi connectivity index (χ0v) is 9.63. The Labute approximate surface area is 92.7 Å². The SMILES string of the molecule is CCCCOc1ccccc1CS(=O)O. The van der Waals surface area contributed by atoms with Gasteiger partial charge in [-0.05, 0) is 12.5 Å². The number of hydrogen-bond acceptors (Lipinski definition) is 2. The van der Waals surface area contributed by atoms with Gasteiger partial charge in [0.05, 0.1) is 12.4 Å². The van der Waals surface area contributed by atoms with Crippen LogP contribution in [0.1, 0.15) is 25.3 Å². The lowest BCUT2D eigenvalue weighted by Crippen LogP contribution is -2.01. The monoisotopic (exact) mass is 228 g/mol. The minimum absolute atomic E-state index is 0.127. The van der Waals surface area contributed by atoms with Crippen LogP contribution in [0.2, 0.25) is 0 Å².